The fourth-order valence-electron chi connectivity index (χ4n) is 1.24. The second-order valence-electron chi connectivity index (χ2n) is 3.19. The molecule has 1 aromatic carbocycles. The van der Waals surface area contributed by atoms with Crippen LogP contribution in [0.25, 0.3) is 0 Å². The molecular weight excluding hydrogens is 208 g/mol. The van der Waals surface area contributed by atoms with Crippen molar-refractivity contribution in [3.8, 4) is 5.75 Å². The van der Waals surface area contributed by atoms with Gasteiger partial charge in [0.15, 0.2) is 0 Å². The van der Waals surface area contributed by atoms with Crippen LogP contribution >= 0.6 is 0 Å². The molecule has 0 saturated carbocycles. The summed E-state index contributed by atoms with van der Waals surface area (Å²) in [6.45, 7) is 3.65. The molecule has 0 saturated heterocycles. The third-order valence-electron chi connectivity index (χ3n) is 1.88. The zero-order chi connectivity index (χ0) is 12.1. The SMILES string of the molecule is CCOc1cc(C(N)=O)ccc1NC(C)=O. The van der Waals surface area contributed by atoms with Gasteiger partial charge in [0.2, 0.25) is 11.8 Å². The van der Waals surface area contributed by atoms with E-state index in [-0.39, 0.29) is 5.91 Å². The predicted molar refractivity (Wildman–Crippen MR) is 60.4 cm³/mol. The van der Waals surface area contributed by atoms with Crippen molar-refractivity contribution in [2.45, 2.75) is 13.8 Å². The lowest BCUT2D eigenvalue weighted by atomic mass is 10.2. The number of ether oxygens (including phenoxy) is 1. The average molecular weight is 222 g/mol. The Hall–Kier alpha value is -2.04. The Morgan fingerprint density at radius 3 is 2.62 bits per heavy atom. The van der Waals surface area contributed by atoms with Crippen molar-refractivity contribution in [3.05, 3.63) is 23.8 Å². The number of carbonyl (C=O) groups excluding carboxylic acids is 2. The molecule has 0 aliphatic rings. The summed E-state index contributed by atoms with van der Waals surface area (Å²) in [7, 11) is 0. The van der Waals surface area contributed by atoms with Crippen molar-refractivity contribution < 1.29 is 14.3 Å². The number of amides is 2. The minimum absolute atomic E-state index is 0.201. The zero-order valence-corrected chi connectivity index (χ0v) is 9.24. The van der Waals surface area contributed by atoms with Gasteiger partial charge in [0, 0.05) is 12.5 Å². The normalized spacial score (nSPS) is 9.62. The molecule has 0 radical (unpaired) electrons. The molecule has 86 valence electrons. The van der Waals surface area contributed by atoms with E-state index in [0.29, 0.717) is 23.6 Å². The molecule has 0 aliphatic heterocycles. The molecule has 0 bridgehead atoms. The van der Waals surface area contributed by atoms with E-state index in [1.165, 1.54) is 19.1 Å². The van der Waals surface area contributed by atoms with Crippen LogP contribution in [0.5, 0.6) is 5.75 Å². The summed E-state index contributed by atoms with van der Waals surface area (Å²) in [4.78, 5) is 21.9. The largest absolute Gasteiger partial charge is 0.492 e. The Bertz CT molecular complexity index is 416. The highest BCUT2D eigenvalue weighted by Gasteiger charge is 2.08. The summed E-state index contributed by atoms with van der Waals surface area (Å²) in [6, 6.07) is 4.64. The molecule has 16 heavy (non-hydrogen) atoms. The van der Waals surface area contributed by atoms with E-state index in [1.807, 2.05) is 6.92 Å². The van der Waals surface area contributed by atoms with Gasteiger partial charge in [-0.2, -0.15) is 0 Å². The number of hydrogen-bond acceptors (Lipinski definition) is 3. The first kappa shape index (κ1) is 12.0. The van der Waals surface area contributed by atoms with Crippen LogP contribution in [0.15, 0.2) is 18.2 Å². The van der Waals surface area contributed by atoms with Crippen molar-refractivity contribution in [2.24, 2.45) is 5.73 Å². The molecule has 0 spiro atoms. The minimum atomic E-state index is -0.532. The van der Waals surface area contributed by atoms with Crippen LogP contribution in [0.3, 0.4) is 0 Å². The lowest BCUT2D eigenvalue weighted by Gasteiger charge is -2.11. The van der Waals surface area contributed by atoms with Crippen LogP contribution in [-0.2, 0) is 4.79 Å². The summed E-state index contributed by atoms with van der Waals surface area (Å²) < 4.78 is 5.31. The number of primary amides is 1. The third-order valence-corrected chi connectivity index (χ3v) is 1.88. The number of hydrogen-bond donors (Lipinski definition) is 2. The number of nitrogens with two attached hydrogens (primary N) is 1. The molecule has 2 amide bonds. The molecule has 0 fully saturated rings. The lowest BCUT2D eigenvalue weighted by molar-refractivity contribution is -0.114. The number of anilines is 1. The second kappa shape index (κ2) is 5.16. The van der Waals surface area contributed by atoms with Crippen molar-refractivity contribution in [2.75, 3.05) is 11.9 Å². The number of rotatable bonds is 4. The maximum Gasteiger partial charge on any atom is 0.248 e. The first-order valence-corrected chi connectivity index (χ1v) is 4.88. The van der Waals surface area contributed by atoms with Gasteiger partial charge >= 0.3 is 0 Å². The van der Waals surface area contributed by atoms with Gasteiger partial charge in [-0.25, -0.2) is 0 Å². The van der Waals surface area contributed by atoms with Gasteiger partial charge in [-0.05, 0) is 25.1 Å². The molecular formula is C11H14N2O3. The zero-order valence-electron chi connectivity index (χ0n) is 9.24. The van der Waals surface area contributed by atoms with Gasteiger partial charge in [0.1, 0.15) is 5.75 Å². The molecule has 1 rings (SSSR count). The Labute approximate surface area is 93.6 Å². The highest BCUT2D eigenvalue weighted by atomic mass is 16.5. The van der Waals surface area contributed by atoms with E-state index < -0.39 is 5.91 Å². The quantitative estimate of drug-likeness (QED) is 0.801. The van der Waals surface area contributed by atoms with E-state index >= 15 is 0 Å². The Balaban J connectivity index is 3.08. The Morgan fingerprint density at radius 2 is 2.12 bits per heavy atom. The van der Waals surface area contributed by atoms with E-state index in [0.717, 1.165) is 0 Å². The first-order chi connectivity index (χ1) is 7.54. The topological polar surface area (TPSA) is 81.4 Å². The molecule has 0 aromatic heterocycles. The van der Waals surface area contributed by atoms with Crippen molar-refractivity contribution in [1.29, 1.82) is 0 Å². The Kier molecular flexibility index (Phi) is 3.88. The third kappa shape index (κ3) is 2.98. The van der Waals surface area contributed by atoms with Gasteiger partial charge in [-0.3, -0.25) is 9.59 Å². The van der Waals surface area contributed by atoms with E-state index in [2.05, 4.69) is 5.32 Å². The fraction of sp³-hybridized carbons (Fsp3) is 0.273. The molecule has 5 heteroatoms. The van der Waals surface area contributed by atoms with Gasteiger partial charge in [0.25, 0.3) is 0 Å². The van der Waals surface area contributed by atoms with Gasteiger partial charge in [-0.15, -0.1) is 0 Å². The smallest absolute Gasteiger partial charge is 0.248 e. The van der Waals surface area contributed by atoms with Crippen LogP contribution in [-0.4, -0.2) is 18.4 Å². The van der Waals surface area contributed by atoms with Gasteiger partial charge in [-0.1, -0.05) is 0 Å². The van der Waals surface area contributed by atoms with Crippen molar-refractivity contribution in [3.63, 3.8) is 0 Å². The highest BCUT2D eigenvalue weighted by Crippen LogP contribution is 2.25. The van der Waals surface area contributed by atoms with Crippen LogP contribution in [0.4, 0.5) is 5.69 Å². The monoisotopic (exact) mass is 222 g/mol. The molecule has 0 atom stereocenters. The molecule has 0 heterocycles. The summed E-state index contributed by atoms with van der Waals surface area (Å²) in [5.74, 6) is -0.294. The maximum atomic E-state index is 11.0. The summed E-state index contributed by atoms with van der Waals surface area (Å²) in [6.07, 6.45) is 0. The predicted octanol–water partition coefficient (Wildman–Crippen LogP) is 1.14. The van der Waals surface area contributed by atoms with Gasteiger partial charge in [0.05, 0.1) is 12.3 Å². The van der Waals surface area contributed by atoms with Crippen molar-refractivity contribution in [1.82, 2.24) is 0 Å². The number of carbonyl (C=O) groups is 2. The van der Waals surface area contributed by atoms with Crippen LogP contribution in [0.2, 0.25) is 0 Å². The van der Waals surface area contributed by atoms with E-state index in [1.54, 1.807) is 6.07 Å². The fourth-order valence-corrected chi connectivity index (χ4v) is 1.24. The maximum absolute atomic E-state index is 11.0. The average Bonchev–Trinajstić information content (AvgIpc) is 2.20. The van der Waals surface area contributed by atoms with E-state index in [9.17, 15) is 9.59 Å². The number of benzene rings is 1. The molecule has 5 nitrogen and oxygen atoms in total. The second-order valence-corrected chi connectivity index (χ2v) is 3.19. The van der Waals surface area contributed by atoms with Crippen LogP contribution in [0, 0.1) is 0 Å². The Morgan fingerprint density at radius 1 is 1.44 bits per heavy atom. The highest BCUT2D eigenvalue weighted by molar-refractivity contribution is 5.95. The minimum Gasteiger partial charge on any atom is -0.492 e. The summed E-state index contributed by atoms with van der Waals surface area (Å²) in [5.41, 5.74) is 6.02. The number of nitrogens with one attached hydrogen (secondary N) is 1. The van der Waals surface area contributed by atoms with Crippen molar-refractivity contribution >= 4 is 17.5 Å². The first-order valence-electron chi connectivity index (χ1n) is 4.88. The molecule has 1 aromatic rings. The molecule has 3 N–H and O–H groups in total. The van der Waals surface area contributed by atoms with Crippen LogP contribution < -0.4 is 15.8 Å². The lowest BCUT2D eigenvalue weighted by Crippen LogP contribution is -2.13. The van der Waals surface area contributed by atoms with Crippen LogP contribution in [0.1, 0.15) is 24.2 Å². The molecule has 0 aliphatic carbocycles. The standard InChI is InChI=1S/C11H14N2O3/c1-3-16-10-6-8(11(12)15)4-5-9(10)13-7(2)14/h4-6H,3H2,1-2H3,(H2,12,15)(H,13,14). The summed E-state index contributed by atoms with van der Waals surface area (Å²) in [5, 5.41) is 2.61. The van der Waals surface area contributed by atoms with Gasteiger partial charge < -0.3 is 15.8 Å². The molecule has 0 unspecified atom stereocenters. The summed E-state index contributed by atoms with van der Waals surface area (Å²) >= 11 is 0. The van der Waals surface area contributed by atoms with E-state index in [4.69, 9.17) is 10.5 Å².